The fourth-order valence-electron chi connectivity index (χ4n) is 7.43. The first-order valence-corrected chi connectivity index (χ1v) is 18.2. The number of carboxylic acids is 2. The monoisotopic (exact) mass is 736 g/mol. The van der Waals surface area contributed by atoms with Crippen LogP contribution in [0.4, 0.5) is 20.2 Å². The lowest BCUT2D eigenvalue weighted by atomic mass is 10.1. The zero-order valence-corrected chi connectivity index (χ0v) is 30.0. The molecule has 53 heavy (non-hydrogen) atoms. The van der Waals surface area contributed by atoms with Crippen molar-refractivity contribution in [3.8, 4) is 0 Å². The van der Waals surface area contributed by atoms with E-state index in [1.165, 1.54) is 24.5 Å². The first kappa shape index (κ1) is 37.9. The first-order valence-electron chi connectivity index (χ1n) is 18.2. The van der Waals surface area contributed by atoms with Crippen LogP contribution in [-0.4, -0.2) is 112 Å². The van der Waals surface area contributed by atoms with Gasteiger partial charge in [0.25, 0.3) is 0 Å². The predicted octanol–water partition coefficient (Wildman–Crippen LogP) is 3.81. The summed E-state index contributed by atoms with van der Waals surface area (Å²) in [4.78, 5) is 56.5. The standard InChI is InChI=1S/2C19H22FN3O3.H2O/c2*1-2-21-5-7-22(8-6-21)17-10-16-13(9-15(17)20)18(24)14(19(25)26)11-23(16)12-3-4-12;/h2*9-12H,2-8H2,1H3,(H,25,26);1H2. The van der Waals surface area contributed by atoms with Crippen LogP contribution < -0.4 is 20.7 Å². The van der Waals surface area contributed by atoms with E-state index in [1.54, 1.807) is 12.1 Å². The minimum Gasteiger partial charge on any atom is -0.477 e. The van der Waals surface area contributed by atoms with Crippen molar-refractivity contribution in [3.05, 3.63) is 79.9 Å². The van der Waals surface area contributed by atoms with Crippen LogP contribution in [0.25, 0.3) is 21.8 Å². The number of aromatic carboxylic acids is 2. The first-order chi connectivity index (χ1) is 25.0. The fraction of sp³-hybridized carbons (Fsp3) is 0.474. The molecule has 4 N–H and O–H groups in total. The molecule has 8 rings (SSSR count). The molecule has 2 aromatic heterocycles. The number of benzene rings is 2. The summed E-state index contributed by atoms with van der Waals surface area (Å²) in [5, 5.41) is 18.9. The second kappa shape index (κ2) is 15.2. The van der Waals surface area contributed by atoms with E-state index in [9.17, 15) is 38.2 Å². The highest BCUT2D eigenvalue weighted by Gasteiger charge is 2.30. The highest BCUT2D eigenvalue weighted by atomic mass is 19.1. The van der Waals surface area contributed by atoms with E-state index in [2.05, 4.69) is 23.6 Å². The maximum absolute atomic E-state index is 14.8. The minimum atomic E-state index is -1.27. The van der Waals surface area contributed by atoms with Gasteiger partial charge in [-0.25, -0.2) is 18.4 Å². The van der Waals surface area contributed by atoms with Crippen molar-refractivity contribution >= 4 is 45.1 Å². The molecule has 0 bridgehead atoms. The number of carbonyl (C=O) groups is 2. The van der Waals surface area contributed by atoms with Gasteiger partial charge >= 0.3 is 11.9 Å². The lowest BCUT2D eigenvalue weighted by Crippen LogP contribution is -2.46. The number of halogens is 2. The predicted molar refractivity (Wildman–Crippen MR) is 199 cm³/mol. The third-order valence-corrected chi connectivity index (χ3v) is 10.9. The molecule has 2 aromatic carbocycles. The van der Waals surface area contributed by atoms with Crippen molar-refractivity contribution in [1.82, 2.24) is 18.9 Å². The number of piperazine rings is 2. The van der Waals surface area contributed by atoms with Crippen LogP contribution in [0.1, 0.15) is 72.3 Å². The number of aromatic nitrogens is 2. The second-order valence-electron chi connectivity index (χ2n) is 14.1. The van der Waals surface area contributed by atoms with Gasteiger partial charge in [0.1, 0.15) is 22.8 Å². The molecule has 0 radical (unpaired) electrons. The molecule has 4 aliphatic rings. The number of anilines is 2. The average molecular weight is 737 g/mol. The van der Waals surface area contributed by atoms with E-state index in [4.69, 9.17) is 0 Å². The molecular formula is C38H46F2N6O7. The summed E-state index contributed by atoms with van der Waals surface area (Å²) in [5.41, 5.74) is 0.390. The Kier molecular flexibility index (Phi) is 10.9. The van der Waals surface area contributed by atoms with Gasteiger partial charge in [-0.2, -0.15) is 0 Å². The zero-order valence-electron chi connectivity index (χ0n) is 30.0. The Balaban J connectivity index is 0.000000178. The van der Waals surface area contributed by atoms with E-state index in [-0.39, 0.29) is 39.5 Å². The summed E-state index contributed by atoms with van der Waals surface area (Å²) in [5.74, 6) is -3.48. The lowest BCUT2D eigenvalue weighted by Gasteiger charge is -2.35. The number of fused-ring (bicyclic) bond motifs is 2. The molecule has 15 heteroatoms. The van der Waals surface area contributed by atoms with Crippen molar-refractivity contribution in [1.29, 1.82) is 0 Å². The van der Waals surface area contributed by atoms with Gasteiger partial charge < -0.3 is 44.4 Å². The maximum atomic E-state index is 14.8. The number of hydrogen-bond donors (Lipinski definition) is 2. The van der Waals surface area contributed by atoms with E-state index in [0.717, 1.165) is 91.1 Å². The van der Waals surface area contributed by atoms with E-state index in [1.807, 2.05) is 18.9 Å². The second-order valence-corrected chi connectivity index (χ2v) is 14.1. The summed E-state index contributed by atoms with van der Waals surface area (Å²) in [6, 6.07) is 6.24. The van der Waals surface area contributed by atoms with Gasteiger partial charge in [-0.3, -0.25) is 9.59 Å². The van der Waals surface area contributed by atoms with Gasteiger partial charge in [0.05, 0.1) is 22.4 Å². The van der Waals surface area contributed by atoms with Gasteiger partial charge in [0.15, 0.2) is 0 Å². The Morgan fingerprint density at radius 1 is 0.623 bits per heavy atom. The highest BCUT2D eigenvalue weighted by molar-refractivity contribution is 5.94. The molecule has 13 nitrogen and oxygen atoms in total. The molecule has 2 aliphatic carbocycles. The number of nitrogens with zero attached hydrogens (tertiary/aromatic N) is 6. The molecule has 0 spiro atoms. The van der Waals surface area contributed by atoms with Gasteiger partial charge in [-0.1, -0.05) is 13.8 Å². The molecule has 2 saturated carbocycles. The van der Waals surface area contributed by atoms with Gasteiger partial charge in [-0.05, 0) is 63.0 Å². The number of rotatable bonds is 8. The molecule has 284 valence electrons. The smallest absolute Gasteiger partial charge is 0.341 e. The van der Waals surface area contributed by atoms with E-state index in [0.29, 0.717) is 22.4 Å². The Morgan fingerprint density at radius 2 is 0.962 bits per heavy atom. The van der Waals surface area contributed by atoms with E-state index >= 15 is 0 Å². The summed E-state index contributed by atoms with van der Waals surface area (Å²) in [6.07, 6.45) is 6.61. The summed E-state index contributed by atoms with van der Waals surface area (Å²) in [6.45, 7) is 12.6. The molecule has 2 aliphatic heterocycles. The van der Waals surface area contributed by atoms with Crippen LogP contribution in [0, 0.1) is 11.6 Å². The highest BCUT2D eigenvalue weighted by Crippen LogP contribution is 2.39. The lowest BCUT2D eigenvalue weighted by molar-refractivity contribution is 0.0684. The number of pyridine rings is 2. The van der Waals surface area contributed by atoms with Crippen molar-refractivity contribution in [3.63, 3.8) is 0 Å². The molecule has 0 unspecified atom stereocenters. The van der Waals surface area contributed by atoms with Crippen LogP contribution in [0.2, 0.25) is 0 Å². The van der Waals surface area contributed by atoms with Crippen molar-refractivity contribution in [2.45, 2.75) is 51.6 Å². The fourth-order valence-corrected chi connectivity index (χ4v) is 7.43. The van der Waals surface area contributed by atoms with Gasteiger partial charge in [-0.15, -0.1) is 0 Å². The Hall–Kier alpha value is -4.86. The van der Waals surface area contributed by atoms with Gasteiger partial charge in [0.2, 0.25) is 10.9 Å². The number of carboxylic acid groups (broad SMARTS) is 2. The van der Waals surface area contributed by atoms with Crippen molar-refractivity contribution < 1.29 is 34.1 Å². The van der Waals surface area contributed by atoms with Crippen molar-refractivity contribution in [2.75, 3.05) is 75.2 Å². The average Bonchev–Trinajstić information content (AvgIpc) is 4.07. The maximum Gasteiger partial charge on any atom is 0.341 e. The molecule has 4 fully saturated rings. The minimum absolute atomic E-state index is 0. The summed E-state index contributed by atoms with van der Waals surface area (Å²) < 4.78 is 33.3. The normalized spacial score (nSPS) is 18.1. The zero-order chi connectivity index (χ0) is 36.8. The number of hydrogen-bond acceptors (Lipinski definition) is 8. The van der Waals surface area contributed by atoms with Crippen LogP contribution in [0.3, 0.4) is 0 Å². The molecule has 2 saturated heterocycles. The molecule has 0 amide bonds. The van der Waals surface area contributed by atoms with Gasteiger partial charge in [0, 0.05) is 87.6 Å². The molecular weight excluding hydrogens is 690 g/mol. The SMILES string of the molecule is CCN1CCN(c2cc3c(cc2F)c(=O)c(C(=O)O)cn3C2CC2)CC1.CCN1CCN(c2cc3c(cc2F)c(=O)c(C(=O)O)cn3C2CC2)CC1.O. The van der Waals surface area contributed by atoms with Crippen LogP contribution in [0.15, 0.2) is 46.2 Å². The Morgan fingerprint density at radius 3 is 1.25 bits per heavy atom. The van der Waals surface area contributed by atoms with Crippen molar-refractivity contribution in [2.24, 2.45) is 0 Å². The van der Waals surface area contributed by atoms with Crippen LogP contribution >= 0.6 is 0 Å². The summed E-state index contributed by atoms with van der Waals surface area (Å²) in [7, 11) is 0. The molecule has 4 heterocycles. The quantitative estimate of drug-likeness (QED) is 0.272. The number of likely N-dealkylation sites (N-methyl/N-ethyl adjacent to an activating group) is 2. The Bertz CT molecular complexity index is 2010. The topological polar surface area (TPSA) is 163 Å². The Labute approximate surface area is 304 Å². The van der Waals surface area contributed by atoms with Crippen LogP contribution in [0.5, 0.6) is 0 Å². The molecule has 0 atom stereocenters. The molecule has 4 aromatic rings. The van der Waals surface area contributed by atoms with E-state index < -0.39 is 34.4 Å². The summed E-state index contributed by atoms with van der Waals surface area (Å²) >= 11 is 0. The third-order valence-electron chi connectivity index (χ3n) is 10.9. The largest absolute Gasteiger partial charge is 0.477 e. The van der Waals surface area contributed by atoms with Crippen LogP contribution in [-0.2, 0) is 0 Å². The third kappa shape index (κ3) is 7.50.